The Kier molecular flexibility index (Phi) is 9.93. The van der Waals surface area contributed by atoms with Gasteiger partial charge in [-0.2, -0.15) is 0 Å². The number of sulfonamides is 1. The molecular formula is C28H39N3O4S. The van der Waals surface area contributed by atoms with Crippen LogP contribution in [0.3, 0.4) is 0 Å². The van der Waals surface area contributed by atoms with E-state index in [1.165, 1.54) is 6.42 Å². The second-order valence-corrected chi connectivity index (χ2v) is 11.6. The number of nitrogens with one attached hydrogen (secondary N) is 1. The van der Waals surface area contributed by atoms with E-state index in [2.05, 4.69) is 5.32 Å². The molecule has 1 aliphatic carbocycles. The number of carbonyl (C=O) groups excluding carboxylic acids is 2. The maximum atomic E-state index is 13.7. The Hall–Kier alpha value is -2.87. The van der Waals surface area contributed by atoms with Crippen molar-refractivity contribution in [2.24, 2.45) is 0 Å². The van der Waals surface area contributed by atoms with Gasteiger partial charge in [-0.25, -0.2) is 8.42 Å². The Labute approximate surface area is 215 Å². The molecule has 0 aliphatic heterocycles. The maximum absolute atomic E-state index is 13.7. The highest BCUT2D eigenvalue weighted by atomic mass is 32.2. The highest BCUT2D eigenvalue weighted by Gasteiger charge is 2.32. The van der Waals surface area contributed by atoms with Crippen LogP contribution in [0.1, 0.15) is 56.6 Å². The predicted octanol–water partition coefficient (Wildman–Crippen LogP) is 4.06. The minimum atomic E-state index is -3.73. The van der Waals surface area contributed by atoms with Crippen molar-refractivity contribution >= 4 is 27.5 Å². The zero-order valence-electron chi connectivity index (χ0n) is 21.7. The molecule has 1 atom stereocenters. The van der Waals surface area contributed by atoms with Gasteiger partial charge >= 0.3 is 0 Å². The minimum absolute atomic E-state index is 0.130. The highest BCUT2D eigenvalue weighted by molar-refractivity contribution is 7.92. The SMILES string of the molecule is CC[C@@H](C(=O)NC1CCCCC1)N(CCc1ccccc1)C(=O)CN(c1ccccc1C)S(C)(=O)=O. The molecule has 1 fully saturated rings. The quantitative estimate of drug-likeness (QED) is 0.491. The monoisotopic (exact) mass is 513 g/mol. The second-order valence-electron chi connectivity index (χ2n) is 9.65. The number of rotatable bonds is 11. The van der Waals surface area contributed by atoms with Gasteiger partial charge in [0.1, 0.15) is 12.6 Å². The Bertz CT molecular complexity index is 1110. The standard InChI is InChI=1S/C28H39N3O4S/c1-4-25(28(33)29-24-16-9-6-10-17-24)30(20-19-23-14-7-5-8-15-23)27(32)21-31(36(3,34)35)26-18-12-11-13-22(26)2/h5,7-8,11-15,18,24-25H,4,6,9-10,16-17,19-21H2,1-3H3,(H,29,33)/t25-/m0/s1. The molecule has 3 rings (SSSR count). The fraction of sp³-hybridized carbons (Fsp3) is 0.500. The summed E-state index contributed by atoms with van der Waals surface area (Å²) in [6.45, 7) is 3.68. The van der Waals surface area contributed by atoms with Gasteiger partial charge in [-0.05, 0) is 49.8 Å². The Morgan fingerprint density at radius 1 is 1.00 bits per heavy atom. The van der Waals surface area contributed by atoms with Crippen molar-refractivity contribution in [2.75, 3.05) is 23.7 Å². The van der Waals surface area contributed by atoms with Crippen LogP contribution in [0.4, 0.5) is 5.69 Å². The van der Waals surface area contributed by atoms with Gasteiger partial charge in [0.25, 0.3) is 0 Å². The van der Waals surface area contributed by atoms with Crippen molar-refractivity contribution in [3.05, 3.63) is 65.7 Å². The normalized spacial score (nSPS) is 15.2. The van der Waals surface area contributed by atoms with Crippen LogP contribution in [0.25, 0.3) is 0 Å². The van der Waals surface area contributed by atoms with E-state index in [1.807, 2.05) is 56.3 Å². The minimum Gasteiger partial charge on any atom is -0.352 e. The molecule has 1 saturated carbocycles. The van der Waals surface area contributed by atoms with E-state index < -0.39 is 16.1 Å². The fourth-order valence-electron chi connectivity index (χ4n) is 4.88. The van der Waals surface area contributed by atoms with Crippen LogP contribution < -0.4 is 9.62 Å². The fourth-order valence-corrected chi connectivity index (χ4v) is 5.79. The van der Waals surface area contributed by atoms with Gasteiger partial charge in [0.15, 0.2) is 0 Å². The van der Waals surface area contributed by atoms with Crippen LogP contribution in [0.5, 0.6) is 0 Å². The number of nitrogens with zero attached hydrogens (tertiary/aromatic N) is 2. The number of para-hydroxylation sites is 1. The number of benzene rings is 2. The smallest absolute Gasteiger partial charge is 0.244 e. The average Bonchev–Trinajstić information content (AvgIpc) is 2.86. The number of hydrogen-bond donors (Lipinski definition) is 1. The third kappa shape index (κ3) is 7.56. The van der Waals surface area contributed by atoms with E-state index in [1.54, 1.807) is 17.0 Å². The molecule has 0 aromatic heterocycles. The summed E-state index contributed by atoms with van der Waals surface area (Å²) in [5.41, 5.74) is 2.28. The number of anilines is 1. The van der Waals surface area contributed by atoms with Gasteiger partial charge in [-0.1, -0.05) is 74.7 Å². The largest absolute Gasteiger partial charge is 0.352 e. The van der Waals surface area contributed by atoms with Crippen molar-refractivity contribution in [3.63, 3.8) is 0 Å². The zero-order valence-corrected chi connectivity index (χ0v) is 22.5. The first kappa shape index (κ1) is 27.7. The Morgan fingerprint density at radius 2 is 1.64 bits per heavy atom. The first-order valence-electron chi connectivity index (χ1n) is 12.9. The lowest BCUT2D eigenvalue weighted by atomic mass is 9.95. The maximum Gasteiger partial charge on any atom is 0.244 e. The van der Waals surface area contributed by atoms with Gasteiger partial charge in [0.05, 0.1) is 11.9 Å². The molecule has 1 N–H and O–H groups in total. The topological polar surface area (TPSA) is 86.8 Å². The molecule has 36 heavy (non-hydrogen) atoms. The van der Waals surface area contributed by atoms with E-state index in [4.69, 9.17) is 0 Å². The van der Waals surface area contributed by atoms with Crippen molar-refractivity contribution in [2.45, 2.75) is 70.9 Å². The third-order valence-electron chi connectivity index (χ3n) is 6.89. The van der Waals surface area contributed by atoms with Crippen LogP contribution >= 0.6 is 0 Å². The lowest BCUT2D eigenvalue weighted by molar-refractivity contribution is -0.140. The van der Waals surface area contributed by atoms with E-state index in [-0.39, 0.29) is 24.4 Å². The molecule has 8 heteroatoms. The summed E-state index contributed by atoms with van der Waals surface area (Å²) in [7, 11) is -3.73. The summed E-state index contributed by atoms with van der Waals surface area (Å²) in [6.07, 6.45) is 7.41. The third-order valence-corrected chi connectivity index (χ3v) is 8.01. The lowest BCUT2D eigenvalue weighted by Crippen LogP contribution is -2.54. The molecule has 0 unspecified atom stereocenters. The van der Waals surface area contributed by atoms with Gasteiger partial charge in [0.2, 0.25) is 21.8 Å². The van der Waals surface area contributed by atoms with Gasteiger partial charge in [0, 0.05) is 12.6 Å². The molecule has 0 saturated heterocycles. The van der Waals surface area contributed by atoms with E-state index in [0.29, 0.717) is 25.1 Å². The Morgan fingerprint density at radius 3 is 2.25 bits per heavy atom. The number of amides is 2. The van der Waals surface area contributed by atoms with E-state index in [9.17, 15) is 18.0 Å². The number of hydrogen-bond acceptors (Lipinski definition) is 4. The molecule has 0 heterocycles. The summed E-state index contributed by atoms with van der Waals surface area (Å²) >= 11 is 0. The van der Waals surface area contributed by atoms with Crippen molar-refractivity contribution in [1.82, 2.24) is 10.2 Å². The predicted molar refractivity (Wildman–Crippen MR) is 144 cm³/mol. The molecule has 7 nitrogen and oxygen atoms in total. The van der Waals surface area contributed by atoms with Crippen LogP contribution in [-0.2, 0) is 26.0 Å². The van der Waals surface area contributed by atoms with Gasteiger partial charge in [-0.3, -0.25) is 13.9 Å². The van der Waals surface area contributed by atoms with Crippen LogP contribution in [0.15, 0.2) is 54.6 Å². The molecule has 0 spiro atoms. The second kappa shape index (κ2) is 12.9. The van der Waals surface area contributed by atoms with Gasteiger partial charge < -0.3 is 10.2 Å². The molecular weight excluding hydrogens is 474 g/mol. The van der Waals surface area contributed by atoms with Crippen molar-refractivity contribution < 1.29 is 18.0 Å². The van der Waals surface area contributed by atoms with Crippen LogP contribution in [0.2, 0.25) is 0 Å². The zero-order chi connectivity index (χ0) is 26.1. The summed E-state index contributed by atoms with van der Waals surface area (Å²) in [4.78, 5) is 28.7. The van der Waals surface area contributed by atoms with E-state index >= 15 is 0 Å². The molecule has 0 radical (unpaired) electrons. The lowest BCUT2D eigenvalue weighted by Gasteiger charge is -2.34. The first-order valence-corrected chi connectivity index (χ1v) is 14.7. The molecule has 2 aromatic carbocycles. The molecule has 2 amide bonds. The molecule has 0 bridgehead atoms. The molecule has 1 aliphatic rings. The summed E-state index contributed by atoms with van der Waals surface area (Å²) < 4.78 is 26.6. The summed E-state index contributed by atoms with van der Waals surface area (Å²) in [5, 5.41) is 3.16. The average molecular weight is 514 g/mol. The Balaban J connectivity index is 1.86. The molecule has 196 valence electrons. The van der Waals surface area contributed by atoms with Gasteiger partial charge in [-0.15, -0.1) is 0 Å². The highest BCUT2D eigenvalue weighted by Crippen LogP contribution is 2.23. The van der Waals surface area contributed by atoms with Crippen molar-refractivity contribution in [3.8, 4) is 0 Å². The summed E-state index contributed by atoms with van der Waals surface area (Å²) in [5.74, 6) is -0.544. The van der Waals surface area contributed by atoms with Crippen LogP contribution in [0, 0.1) is 6.92 Å². The van der Waals surface area contributed by atoms with Crippen LogP contribution in [-0.4, -0.2) is 56.6 Å². The molecule has 2 aromatic rings. The number of carbonyl (C=O) groups is 2. The van der Waals surface area contributed by atoms with E-state index in [0.717, 1.165) is 47.4 Å². The summed E-state index contributed by atoms with van der Waals surface area (Å²) in [6, 6.07) is 16.4. The van der Waals surface area contributed by atoms with Crippen molar-refractivity contribution in [1.29, 1.82) is 0 Å². The number of aryl methyl sites for hydroxylation is 1. The first-order chi connectivity index (χ1) is 17.2.